The maximum Gasteiger partial charge on any atom is 0.252 e. The highest BCUT2D eigenvalue weighted by Crippen LogP contribution is 2.43. The Balaban J connectivity index is 1.72. The van der Waals surface area contributed by atoms with Gasteiger partial charge in [-0.3, -0.25) is 9.59 Å². The largest absolute Gasteiger partial charge is 0.376 e. The predicted octanol–water partition coefficient (Wildman–Crippen LogP) is 2.95. The highest BCUT2D eigenvalue weighted by Gasteiger charge is 2.50. The molecule has 0 saturated carbocycles. The van der Waals surface area contributed by atoms with E-state index in [0.717, 1.165) is 36.8 Å². The van der Waals surface area contributed by atoms with E-state index in [1.165, 1.54) is 5.57 Å². The van der Waals surface area contributed by atoms with Crippen molar-refractivity contribution in [1.82, 2.24) is 9.80 Å². The topological polar surface area (TPSA) is 49.9 Å². The van der Waals surface area contributed by atoms with E-state index in [0.29, 0.717) is 19.6 Å². The van der Waals surface area contributed by atoms with Gasteiger partial charge in [-0.05, 0) is 50.7 Å². The molecule has 1 saturated heterocycles. The standard InChI is InChI=1S/C23H30N2O3/c1-23(2)17-11-7-13-25(19(26)15-16-9-5-4-6-10-16)21(18-12-8-14-28-18)20(17)22(27)24(23)3/h4-6,9-10,18,21H,7-8,11-15H2,1-3H3. The first kappa shape index (κ1) is 19.2. The van der Waals surface area contributed by atoms with Crippen molar-refractivity contribution in [2.75, 3.05) is 20.2 Å². The third-order valence-electron chi connectivity index (χ3n) is 6.73. The van der Waals surface area contributed by atoms with E-state index in [1.807, 2.05) is 47.2 Å². The Kier molecular flexibility index (Phi) is 5.04. The quantitative estimate of drug-likeness (QED) is 0.808. The Morgan fingerprint density at radius 3 is 2.64 bits per heavy atom. The van der Waals surface area contributed by atoms with Crippen LogP contribution < -0.4 is 0 Å². The Morgan fingerprint density at radius 2 is 1.96 bits per heavy atom. The molecule has 1 aromatic carbocycles. The summed E-state index contributed by atoms with van der Waals surface area (Å²) in [5.74, 6) is 0.139. The molecular formula is C23H30N2O3. The van der Waals surface area contributed by atoms with Crippen molar-refractivity contribution >= 4 is 11.8 Å². The van der Waals surface area contributed by atoms with E-state index >= 15 is 0 Å². The molecule has 5 heteroatoms. The lowest BCUT2D eigenvalue weighted by Gasteiger charge is -2.35. The number of carbonyl (C=O) groups is 2. The molecule has 2 atom stereocenters. The second-order valence-electron chi connectivity index (χ2n) is 8.66. The van der Waals surface area contributed by atoms with Crippen molar-refractivity contribution in [3.63, 3.8) is 0 Å². The van der Waals surface area contributed by atoms with E-state index in [1.54, 1.807) is 0 Å². The fraction of sp³-hybridized carbons (Fsp3) is 0.565. The molecule has 1 aromatic rings. The van der Waals surface area contributed by atoms with Crippen molar-refractivity contribution in [3.8, 4) is 0 Å². The second kappa shape index (κ2) is 7.36. The average molecular weight is 383 g/mol. The molecule has 2 amide bonds. The molecule has 1 fully saturated rings. The van der Waals surface area contributed by atoms with E-state index in [-0.39, 0.29) is 29.5 Å². The molecule has 0 bridgehead atoms. The molecule has 0 aromatic heterocycles. The average Bonchev–Trinajstić information content (AvgIpc) is 3.19. The van der Waals surface area contributed by atoms with Gasteiger partial charge in [0.25, 0.3) is 5.91 Å². The minimum absolute atomic E-state index is 0.0555. The minimum atomic E-state index is -0.304. The van der Waals surface area contributed by atoms with Gasteiger partial charge in [0, 0.05) is 25.8 Å². The normalized spacial score (nSPS) is 27.2. The predicted molar refractivity (Wildman–Crippen MR) is 108 cm³/mol. The molecule has 0 aliphatic carbocycles. The van der Waals surface area contributed by atoms with Crippen LogP contribution in [-0.4, -0.2) is 59.5 Å². The van der Waals surface area contributed by atoms with Gasteiger partial charge in [0.05, 0.1) is 24.1 Å². The monoisotopic (exact) mass is 382 g/mol. The zero-order chi connectivity index (χ0) is 19.9. The van der Waals surface area contributed by atoms with Crippen LogP contribution in [0, 0.1) is 0 Å². The third-order valence-corrected chi connectivity index (χ3v) is 6.73. The summed E-state index contributed by atoms with van der Waals surface area (Å²) in [4.78, 5) is 30.4. The van der Waals surface area contributed by atoms with Crippen LogP contribution in [0.1, 0.15) is 45.1 Å². The van der Waals surface area contributed by atoms with Gasteiger partial charge in [-0.2, -0.15) is 0 Å². The molecule has 2 unspecified atom stereocenters. The van der Waals surface area contributed by atoms with Gasteiger partial charge in [-0.25, -0.2) is 0 Å². The maximum absolute atomic E-state index is 13.3. The summed E-state index contributed by atoms with van der Waals surface area (Å²) in [5, 5.41) is 0. The molecule has 5 nitrogen and oxygen atoms in total. The van der Waals surface area contributed by atoms with E-state index in [9.17, 15) is 9.59 Å². The fourth-order valence-electron chi connectivity index (χ4n) is 4.95. The molecule has 3 heterocycles. The zero-order valence-electron chi connectivity index (χ0n) is 17.1. The van der Waals surface area contributed by atoms with Crippen LogP contribution in [0.3, 0.4) is 0 Å². The van der Waals surface area contributed by atoms with Gasteiger partial charge >= 0.3 is 0 Å². The first-order valence-electron chi connectivity index (χ1n) is 10.4. The highest BCUT2D eigenvalue weighted by molar-refractivity contribution is 6.00. The molecule has 0 radical (unpaired) electrons. The lowest BCUT2D eigenvalue weighted by atomic mass is 9.87. The number of nitrogens with zero attached hydrogens (tertiary/aromatic N) is 2. The van der Waals surface area contributed by atoms with Crippen LogP contribution in [0.4, 0.5) is 0 Å². The lowest BCUT2D eigenvalue weighted by molar-refractivity contribution is -0.136. The van der Waals surface area contributed by atoms with Gasteiger partial charge in [0.15, 0.2) is 0 Å². The van der Waals surface area contributed by atoms with Gasteiger partial charge in [-0.1, -0.05) is 30.3 Å². The van der Waals surface area contributed by atoms with Crippen LogP contribution in [0.5, 0.6) is 0 Å². The van der Waals surface area contributed by atoms with Crippen LogP contribution in [0.25, 0.3) is 0 Å². The smallest absolute Gasteiger partial charge is 0.252 e. The van der Waals surface area contributed by atoms with E-state index in [2.05, 4.69) is 13.8 Å². The number of rotatable bonds is 3. The summed E-state index contributed by atoms with van der Waals surface area (Å²) in [7, 11) is 1.87. The first-order valence-corrected chi connectivity index (χ1v) is 10.4. The molecular weight excluding hydrogens is 352 g/mol. The summed E-state index contributed by atoms with van der Waals surface area (Å²) in [5.41, 5.74) is 2.71. The van der Waals surface area contributed by atoms with Crippen LogP contribution >= 0.6 is 0 Å². The highest BCUT2D eigenvalue weighted by atomic mass is 16.5. The van der Waals surface area contributed by atoms with Gasteiger partial charge in [0.1, 0.15) is 0 Å². The molecule has 0 N–H and O–H groups in total. The van der Waals surface area contributed by atoms with Crippen LogP contribution in [0.15, 0.2) is 41.5 Å². The second-order valence-corrected chi connectivity index (χ2v) is 8.66. The summed E-state index contributed by atoms with van der Waals surface area (Å²) >= 11 is 0. The third kappa shape index (κ3) is 3.16. The van der Waals surface area contributed by atoms with Gasteiger partial charge < -0.3 is 14.5 Å². The van der Waals surface area contributed by atoms with Crippen molar-refractivity contribution < 1.29 is 14.3 Å². The number of carbonyl (C=O) groups excluding carboxylic acids is 2. The molecule has 3 aliphatic heterocycles. The Bertz CT molecular complexity index is 793. The van der Waals surface area contributed by atoms with E-state index < -0.39 is 0 Å². The van der Waals surface area contributed by atoms with Gasteiger partial charge in [0.2, 0.25) is 5.91 Å². The van der Waals surface area contributed by atoms with Gasteiger partial charge in [-0.15, -0.1) is 0 Å². The van der Waals surface area contributed by atoms with Crippen LogP contribution in [0.2, 0.25) is 0 Å². The number of hydrogen-bond acceptors (Lipinski definition) is 3. The Labute approximate surface area is 167 Å². The van der Waals surface area contributed by atoms with Crippen molar-refractivity contribution in [2.45, 2.75) is 63.6 Å². The SMILES string of the molecule is CN1C(=O)C2=C(CCCN(C(=O)Cc3ccccc3)C2C2CCCO2)C1(C)C. The summed E-state index contributed by atoms with van der Waals surface area (Å²) in [6, 6.07) is 9.58. The summed E-state index contributed by atoms with van der Waals surface area (Å²) in [6.07, 6.45) is 3.89. The Morgan fingerprint density at radius 1 is 1.21 bits per heavy atom. The summed E-state index contributed by atoms with van der Waals surface area (Å²) in [6.45, 7) is 5.61. The zero-order valence-corrected chi connectivity index (χ0v) is 17.1. The molecule has 3 aliphatic rings. The molecule has 150 valence electrons. The number of ether oxygens (including phenoxy) is 1. The van der Waals surface area contributed by atoms with Crippen molar-refractivity contribution in [1.29, 1.82) is 0 Å². The fourth-order valence-corrected chi connectivity index (χ4v) is 4.95. The number of likely N-dealkylation sites (N-methyl/N-ethyl adjacent to an activating group) is 1. The summed E-state index contributed by atoms with van der Waals surface area (Å²) < 4.78 is 6.04. The minimum Gasteiger partial charge on any atom is -0.376 e. The molecule has 0 spiro atoms. The van der Waals surface area contributed by atoms with Crippen molar-refractivity contribution in [2.24, 2.45) is 0 Å². The first-order chi connectivity index (χ1) is 13.4. The number of amides is 2. The maximum atomic E-state index is 13.3. The lowest BCUT2D eigenvalue weighted by Crippen LogP contribution is -2.50. The van der Waals surface area contributed by atoms with Crippen molar-refractivity contribution in [3.05, 3.63) is 47.0 Å². The molecule has 4 rings (SSSR count). The number of hydrogen-bond donors (Lipinski definition) is 0. The van der Waals surface area contributed by atoms with Crippen LogP contribution in [-0.2, 0) is 20.7 Å². The number of benzene rings is 1. The Hall–Kier alpha value is -2.14. The van der Waals surface area contributed by atoms with E-state index in [4.69, 9.17) is 4.74 Å². The molecule has 28 heavy (non-hydrogen) atoms.